The fourth-order valence-corrected chi connectivity index (χ4v) is 3.16. The molecule has 0 radical (unpaired) electrons. The zero-order chi connectivity index (χ0) is 14.8. The quantitative estimate of drug-likeness (QED) is 0.904. The number of nitrogens with one attached hydrogen (secondary N) is 1. The average molecular weight is 342 g/mol. The third-order valence-electron chi connectivity index (χ3n) is 4.39. The molecule has 1 fully saturated rings. The molecule has 1 aliphatic heterocycles. The van der Waals surface area contributed by atoms with E-state index in [0.29, 0.717) is 5.92 Å². The van der Waals surface area contributed by atoms with E-state index in [9.17, 15) is 9.18 Å². The Morgan fingerprint density at radius 1 is 1.50 bits per heavy atom. The van der Waals surface area contributed by atoms with Gasteiger partial charge in [0.05, 0.1) is 0 Å². The van der Waals surface area contributed by atoms with Crippen molar-refractivity contribution in [2.24, 2.45) is 11.3 Å². The summed E-state index contributed by atoms with van der Waals surface area (Å²) >= 11 is 3.39. The fourth-order valence-electron chi connectivity index (χ4n) is 2.78. The maximum absolute atomic E-state index is 13.3. The second-order valence-electron chi connectivity index (χ2n) is 6.10. The summed E-state index contributed by atoms with van der Waals surface area (Å²) in [5.41, 5.74) is 0.353. The van der Waals surface area contributed by atoms with Crippen molar-refractivity contribution in [1.29, 1.82) is 0 Å². The Morgan fingerprint density at radius 2 is 2.25 bits per heavy atom. The highest BCUT2D eigenvalue weighted by Gasteiger charge is 2.36. The molecule has 1 N–H and O–H groups in total. The fraction of sp³-hybridized carbons (Fsp3) is 0.562. The summed E-state index contributed by atoms with van der Waals surface area (Å²) in [6.07, 6.45) is 2.48. The molecule has 20 heavy (non-hydrogen) atoms. The van der Waals surface area contributed by atoms with E-state index in [4.69, 9.17) is 0 Å². The number of ketones is 1. The minimum Gasteiger partial charge on any atom is -0.316 e. The summed E-state index contributed by atoms with van der Waals surface area (Å²) in [5, 5.41) is 3.36. The molecule has 1 aromatic carbocycles. The van der Waals surface area contributed by atoms with Gasteiger partial charge in [0.1, 0.15) is 11.6 Å². The standard InChI is InChI=1S/C16H21BrFNO/c1-16(2,12-4-3-7-19-10-12)15(20)9-11-8-13(18)5-6-14(11)17/h5-6,8,12,19H,3-4,7,9-10H2,1-2H3. The van der Waals surface area contributed by atoms with Gasteiger partial charge in [-0.2, -0.15) is 0 Å². The minimum absolute atomic E-state index is 0.178. The van der Waals surface area contributed by atoms with Crippen molar-refractivity contribution in [3.8, 4) is 0 Å². The molecule has 110 valence electrons. The number of halogens is 2. The summed E-state index contributed by atoms with van der Waals surface area (Å²) in [7, 11) is 0. The third kappa shape index (κ3) is 3.47. The number of hydrogen-bond acceptors (Lipinski definition) is 2. The van der Waals surface area contributed by atoms with Crippen LogP contribution in [0.3, 0.4) is 0 Å². The Balaban J connectivity index is 2.11. The van der Waals surface area contributed by atoms with Crippen LogP contribution in [-0.2, 0) is 11.2 Å². The SMILES string of the molecule is CC(C)(C(=O)Cc1cc(F)ccc1Br)C1CCCNC1. The molecule has 4 heteroatoms. The van der Waals surface area contributed by atoms with Crippen molar-refractivity contribution in [2.45, 2.75) is 33.1 Å². The van der Waals surface area contributed by atoms with Gasteiger partial charge >= 0.3 is 0 Å². The molecule has 1 aromatic rings. The Hall–Kier alpha value is -0.740. The molecule has 0 saturated carbocycles. The largest absolute Gasteiger partial charge is 0.316 e. The lowest BCUT2D eigenvalue weighted by atomic mass is 9.71. The van der Waals surface area contributed by atoms with E-state index >= 15 is 0 Å². The molecule has 1 atom stereocenters. The lowest BCUT2D eigenvalue weighted by Crippen LogP contribution is -2.43. The van der Waals surface area contributed by atoms with E-state index in [1.54, 1.807) is 6.07 Å². The van der Waals surface area contributed by atoms with Crippen LogP contribution in [-0.4, -0.2) is 18.9 Å². The summed E-state index contributed by atoms with van der Waals surface area (Å²) in [6, 6.07) is 4.50. The monoisotopic (exact) mass is 341 g/mol. The number of hydrogen-bond donors (Lipinski definition) is 1. The predicted octanol–water partition coefficient (Wildman–Crippen LogP) is 3.73. The van der Waals surface area contributed by atoms with Crippen molar-refractivity contribution in [3.63, 3.8) is 0 Å². The van der Waals surface area contributed by atoms with Crippen LogP contribution < -0.4 is 5.32 Å². The molecule has 1 saturated heterocycles. The molecule has 0 amide bonds. The molecule has 2 nitrogen and oxygen atoms in total. The van der Waals surface area contributed by atoms with E-state index < -0.39 is 0 Å². The molecule has 0 bridgehead atoms. The maximum Gasteiger partial charge on any atom is 0.143 e. The van der Waals surface area contributed by atoms with Gasteiger partial charge in [-0.05, 0) is 55.6 Å². The van der Waals surface area contributed by atoms with E-state index in [1.807, 2.05) is 13.8 Å². The molecule has 1 unspecified atom stereocenters. The molecule has 0 aromatic heterocycles. The minimum atomic E-state index is -0.376. The lowest BCUT2D eigenvalue weighted by molar-refractivity contribution is -0.129. The normalized spacial score (nSPS) is 19.9. The molecular weight excluding hydrogens is 321 g/mol. The van der Waals surface area contributed by atoms with Crippen LogP contribution in [0.15, 0.2) is 22.7 Å². The maximum atomic E-state index is 13.3. The van der Waals surface area contributed by atoms with Crippen LogP contribution >= 0.6 is 15.9 Å². The van der Waals surface area contributed by atoms with Crippen LogP contribution in [0.5, 0.6) is 0 Å². The second kappa shape index (κ2) is 6.35. The predicted molar refractivity (Wildman–Crippen MR) is 82.2 cm³/mol. The van der Waals surface area contributed by atoms with Gasteiger partial charge in [-0.15, -0.1) is 0 Å². The Morgan fingerprint density at radius 3 is 2.90 bits per heavy atom. The first-order valence-corrected chi connectivity index (χ1v) is 7.88. The highest BCUT2D eigenvalue weighted by molar-refractivity contribution is 9.10. The van der Waals surface area contributed by atoms with Gasteiger partial charge in [0.2, 0.25) is 0 Å². The number of carbonyl (C=O) groups is 1. The lowest BCUT2D eigenvalue weighted by Gasteiger charge is -2.36. The summed E-state index contributed by atoms with van der Waals surface area (Å²) in [5.74, 6) is 0.238. The molecule has 0 spiro atoms. The van der Waals surface area contributed by atoms with Gasteiger partial charge in [0.15, 0.2) is 0 Å². The van der Waals surface area contributed by atoms with Gasteiger partial charge in [-0.3, -0.25) is 4.79 Å². The molecular formula is C16H21BrFNO. The molecule has 1 heterocycles. The first-order chi connectivity index (χ1) is 9.41. The Labute approximate surface area is 128 Å². The summed E-state index contributed by atoms with van der Waals surface area (Å²) in [6.45, 7) is 5.96. The van der Waals surface area contributed by atoms with Gasteiger partial charge in [-0.25, -0.2) is 4.39 Å². The van der Waals surface area contributed by atoms with Crippen molar-refractivity contribution < 1.29 is 9.18 Å². The number of Topliss-reactive ketones (excluding diaryl/α,β-unsaturated/α-hetero) is 1. The van der Waals surface area contributed by atoms with Crippen LogP contribution in [0.4, 0.5) is 4.39 Å². The van der Waals surface area contributed by atoms with Gasteiger partial charge in [-0.1, -0.05) is 29.8 Å². The average Bonchev–Trinajstić information content (AvgIpc) is 2.43. The topological polar surface area (TPSA) is 29.1 Å². The van der Waals surface area contributed by atoms with Crippen LogP contribution in [0, 0.1) is 17.2 Å². The zero-order valence-corrected chi connectivity index (χ0v) is 13.6. The summed E-state index contributed by atoms with van der Waals surface area (Å²) < 4.78 is 14.1. The number of piperidine rings is 1. The van der Waals surface area contributed by atoms with Crippen LogP contribution in [0.25, 0.3) is 0 Å². The third-order valence-corrected chi connectivity index (χ3v) is 5.17. The molecule has 1 aliphatic rings. The Bertz CT molecular complexity index is 495. The number of rotatable bonds is 4. The smallest absolute Gasteiger partial charge is 0.143 e. The van der Waals surface area contributed by atoms with E-state index in [1.165, 1.54) is 12.1 Å². The number of carbonyl (C=O) groups excluding carboxylic acids is 1. The van der Waals surface area contributed by atoms with E-state index in [2.05, 4.69) is 21.2 Å². The summed E-state index contributed by atoms with van der Waals surface area (Å²) in [4.78, 5) is 12.6. The highest BCUT2D eigenvalue weighted by Crippen LogP contribution is 2.34. The second-order valence-corrected chi connectivity index (χ2v) is 6.95. The Kier molecular flexibility index (Phi) is 4.97. The van der Waals surface area contributed by atoms with Crippen LogP contribution in [0.1, 0.15) is 32.3 Å². The van der Waals surface area contributed by atoms with E-state index in [0.717, 1.165) is 36.0 Å². The first-order valence-electron chi connectivity index (χ1n) is 7.09. The highest BCUT2D eigenvalue weighted by atomic mass is 79.9. The van der Waals surface area contributed by atoms with Crippen molar-refractivity contribution in [2.75, 3.05) is 13.1 Å². The first kappa shape index (κ1) is 15.6. The van der Waals surface area contributed by atoms with E-state index in [-0.39, 0.29) is 23.4 Å². The molecule has 0 aliphatic carbocycles. The van der Waals surface area contributed by atoms with Gasteiger partial charge in [0, 0.05) is 16.3 Å². The van der Waals surface area contributed by atoms with Gasteiger partial charge in [0.25, 0.3) is 0 Å². The molecule has 2 rings (SSSR count). The number of benzene rings is 1. The van der Waals surface area contributed by atoms with Crippen molar-refractivity contribution in [1.82, 2.24) is 5.32 Å². The zero-order valence-electron chi connectivity index (χ0n) is 12.0. The van der Waals surface area contributed by atoms with Gasteiger partial charge < -0.3 is 5.32 Å². The van der Waals surface area contributed by atoms with Crippen molar-refractivity contribution in [3.05, 3.63) is 34.1 Å². The van der Waals surface area contributed by atoms with Crippen molar-refractivity contribution >= 4 is 21.7 Å². The van der Waals surface area contributed by atoms with Crippen LogP contribution in [0.2, 0.25) is 0 Å².